The molecule has 0 amide bonds. The first-order valence-electron chi connectivity index (χ1n) is 10.7. The van der Waals surface area contributed by atoms with Crippen LogP contribution >= 0.6 is 0 Å². The molecule has 2 saturated carbocycles. The van der Waals surface area contributed by atoms with Crippen LogP contribution in [0.25, 0.3) is 11.1 Å². The molecule has 4 atom stereocenters. The highest BCUT2D eigenvalue weighted by Crippen LogP contribution is 2.48. The Bertz CT molecular complexity index is 831. The summed E-state index contributed by atoms with van der Waals surface area (Å²) in [6, 6.07) is 10.1. The Labute approximate surface area is 167 Å². The molecule has 4 unspecified atom stereocenters. The molecule has 0 spiro atoms. The van der Waals surface area contributed by atoms with Gasteiger partial charge in [-0.15, -0.1) is 0 Å². The minimum Gasteiger partial charge on any atom is -0.494 e. The molecule has 2 aliphatic rings. The molecule has 0 N–H and O–H groups in total. The molecule has 0 saturated heterocycles. The van der Waals surface area contributed by atoms with Crippen molar-refractivity contribution < 1.29 is 13.5 Å². The number of methoxy groups -OCH3 is 1. The van der Waals surface area contributed by atoms with Gasteiger partial charge in [-0.2, -0.15) is 0 Å². The molecule has 2 aromatic carbocycles. The molecule has 0 heterocycles. The number of halogens is 2. The topological polar surface area (TPSA) is 9.23 Å². The molecule has 1 nitrogen and oxygen atoms in total. The number of benzene rings is 2. The fourth-order valence-corrected chi connectivity index (χ4v) is 5.51. The Balaban J connectivity index is 1.50. The second kappa shape index (κ2) is 8.23. The largest absolute Gasteiger partial charge is 0.494 e. The van der Waals surface area contributed by atoms with Gasteiger partial charge in [-0.3, -0.25) is 0 Å². The fraction of sp³-hybridized carbons (Fsp3) is 0.520. The lowest BCUT2D eigenvalue weighted by atomic mass is 9.63. The van der Waals surface area contributed by atoms with Crippen molar-refractivity contribution in [2.75, 3.05) is 7.11 Å². The third kappa shape index (κ3) is 3.81. The van der Waals surface area contributed by atoms with E-state index in [4.69, 9.17) is 4.74 Å². The van der Waals surface area contributed by atoms with Gasteiger partial charge in [-0.1, -0.05) is 38.0 Å². The minimum absolute atomic E-state index is 0.176. The second-order valence-corrected chi connectivity index (χ2v) is 8.71. The molecule has 28 heavy (non-hydrogen) atoms. The van der Waals surface area contributed by atoms with Crippen molar-refractivity contribution in [2.45, 2.75) is 57.8 Å². The number of fused-ring (bicyclic) bond motifs is 1. The van der Waals surface area contributed by atoms with Crippen LogP contribution in [-0.2, 0) is 0 Å². The standard InChI is InChI=1S/C25H30F2O/c1-3-16-4-5-18-13-19(7-6-17(18)12-16)20-8-10-22(23(26)14-20)21-9-11-25(28-2)24(27)15-21/h8-11,14-19H,3-7,12-13H2,1-2H3. The van der Waals surface area contributed by atoms with Crippen LogP contribution in [0.4, 0.5) is 8.78 Å². The Morgan fingerprint density at radius 2 is 1.68 bits per heavy atom. The molecule has 2 aromatic rings. The quantitative estimate of drug-likeness (QED) is 0.535. The monoisotopic (exact) mass is 384 g/mol. The van der Waals surface area contributed by atoms with Gasteiger partial charge in [0.05, 0.1) is 7.11 Å². The zero-order chi connectivity index (χ0) is 19.7. The summed E-state index contributed by atoms with van der Waals surface area (Å²) in [7, 11) is 1.43. The lowest BCUT2D eigenvalue weighted by molar-refractivity contribution is 0.116. The number of rotatable bonds is 4. The van der Waals surface area contributed by atoms with Crippen LogP contribution in [-0.4, -0.2) is 7.11 Å². The van der Waals surface area contributed by atoms with Gasteiger partial charge in [0.1, 0.15) is 5.82 Å². The van der Waals surface area contributed by atoms with E-state index in [1.165, 1.54) is 51.7 Å². The van der Waals surface area contributed by atoms with E-state index >= 15 is 0 Å². The zero-order valence-electron chi connectivity index (χ0n) is 16.9. The lowest BCUT2D eigenvalue weighted by Crippen LogP contribution is -2.30. The van der Waals surface area contributed by atoms with Crippen molar-refractivity contribution in [1.82, 2.24) is 0 Å². The van der Waals surface area contributed by atoms with E-state index in [2.05, 4.69) is 6.92 Å². The number of hydrogen-bond acceptors (Lipinski definition) is 1. The van der Waals surface area contributed by atoms with Gasteiger partial charge in [0.2, 0.25) is 0 Å². The molecule has 0 radical (unpaired) electrons. The summed E-state index contributed by atoms with van der Waals surface area (Å²) in [4.78, 5) is 0. The average molecular weight is 385 g/mol. The Morgan fingerprint density at radius 3 is 2.39 bits per heavy atom. The molecule has 0 aliphatic heterocycles. The molecular weight excluding hydrogens is 354 g/mol. The highest BCUT2D eigenvalue weighted by molar-refractivity contribution is 5.65. The maximum atomic E-state index is 14.9. The summed E-state index contributed by atoms with van der Waals surface area (Å²) in [5.74, 6) is 2.50. The van der Waals surface area contributed by atoms with Gasteiger partial charge >= 0.3 is 0 Å². The smallest absolute Gasteiger partial charge is 0.165 e. The summed E-state index contributed by atoms with van der Waals surface area (Å²) in [5.41, 5.74) is 2.10. The molecule has 3 heteroatoms. The van der Waals surface area contributed by atoms with E-state index in [9.17, 15) is 8.78 Å². The molecule has 0 aromatic heterocycles. The minimum atomic E-state index is -0.468. The van der Waals surface area contributed by atoms with Gasteiger partial charge in [-0.25, -0.2) is 8.78 Å². The van der Waals surface area contributed by atoms with E-state index in [0.717, 1.165) is 29.7 Å². The predicted octanol–water partition coefficient (Wildman–Crippen LogP) is 7.35. The van der Waals surface area contributed by atoms with E-state index in [-0.39, 0.29) is 11.6 Å². The SMILES string of the molecule is CCC1CCC2CC(c3ccc(-c4ccc(OC)c(F)c4)c(F)c3)CCC2C1. The van der Waals surface area contributed by atoms with E-state index < -0.39 is 5.82 Å². The molecule has 150 valence electrons. The number of hydrogen-bond donors (Lipinski definition) is 0. The molecule has 4 rings (SSSR count). The first-order chi connectivity index (χ1) is 13.6. The van der Waals surface area contributed by atoms with Crippen LogP contribution in [0.1, 0.15) is 63.4 Å². The summed E-state index contributed by atoms with van der Waals surface area (Å²) in [6.45, 7) is 2.32. The molecular formula is C25H30F2O. The predicted molar refractivity (Wildman–Crippen MR) is 110 cm³/mol. The van der Waals surface area contributed by atoms with Crippen LogP contribution < -0.4 is 4.74 Å². The van der Waals surface area contributed by atoms with Crippen LogP contribution in [0.15, 0.2) is 36.4 Å². The van der Waals surface area contributed by atoms with Crippen LogP contribution in [0.5, 0.6) is 5.75 Å². The maximum absolute atomic E-state index is 14.9. The van der Waals surface area contributed by atoms with Gasteiger partial charge in [0.25, 0.3) is 0 Å². The van der Waals surface area contributed by atoms with Gasteiger partial charge in [-0.05, 0) is 85.1 Å². The number of ether oxygens (including phenoxy) is 1. The van der Waals surface area contributed by atoms with Gasteiger partial charge in [0.15, 0.2) is 11.6 Å². The van der Waals surface area contributed by atoms with Gasteiger partial charge < -0.3 is 4.74 Å². The summed E-state index contributed by atoms with van der Waals surface area (Å²) in [5, 5.41) is 0. The summed E-state index contributed by atoms with van der Waals surface area (Å²) < 4.78 is 33.8. The van der Waals surface area contributed by atoms with E-state index in [0.29, 0.717) is 17.0 Å². The highest BCUT2D eigenvalue weighted by Gasteiger charge is 2.35. The summed E-state index contributed by atoms with van der Waals surface area (Å²) in [6.07, 6.45) is 9.03. The first kappa shape index (κ1) is 19.4. The Morgan fingerprint density at radius 1 is 0.893 bits per heavy atom. The molecule has 2 fully saturated rings. The van der Waals surface area contributed by atoms with Crippen molar-refractivity contribution in [1.29, 1.82) is 0 Å². The average Bonchev–Trinajstić information content (AvgIpc) is 2.72. The molecule has 2 aliphatic carbocycles. The maximum Gasteiger partial charge on any atom is 0.165 e. The van der Waals surface area contributed by atoms with Crippen LogP contribution in [0, 0.1) is 29.4 Å². The Hall–Kier alpha value is -1.90. The van der Waals surface area contributed by atoms with Crippen molar-refractivity contribution >= 4 is 0 Å². The van der Waals surface area contributed by atoms with Crippen molar-refractivity contribution in [2.24, 2.45) is 17.8 Å². The van der Waals surface area contributed by atoms with Crippen LogP contribution in [0.3, 0.4) is 0 Å². The van der Waals surface area contributed by atoms with Crippen LogP contribution in [0.2, 0.25) is 0 Å². The van der Waals surface area contributed by atoms with Crippen molar-refractivity contribution in [3.8, 4) is 16.9 Å². The third-order valence-electron chi connectivity index (χ3n) is 7.23. The van der Waals surface area contributed by atoms with Crippen molar-refractivity contribution in [3.63, 3.8) is 0 Å². The normalized spacial score (nSPS) is 27.3. The van der Waals surface area contributed by atoms with Crippen molar-refractivity contribution in [3.05, 3.63) is 53.6 Å². The highest BCUT2D eigenvalue weighted by atomic mass is 19.1. The Kier molecular flexibility index (Phi) is 5.70. The summed E-state index contributed by atoms with van der Waals surface area (Å²) >= 11 is 0. The molecule has 0 bridgehead atoms. The van der Waals surface area contributed by atoms with E-state index in [1.54, 1.807) is 18.2 Å². The fourth-order valence-electron chi connectivity index (χ4n) is 5.51. The third-order valence-corrected chi connectivity index (χ3v) is 7.23. The second-order valence-electron chi connectivity index (χ2n) is 8.71. The first-order valence-corrected chi connectivity index (χ1v) is 10.7. The van der Waals surface area contributed by atoms with Gasteiger partial charge in [0, 0.05) is 5.56 Å². The zero-order valence-corrected chi connectivity index (χ0v) is 16.9. The lowest BCUT2D eigenvalue weighted by Gasteiger charge is -2.42. The van der Waals surface area contributed by atoms with E-state index in [1.807, 2.05) is 12.1 Å².